The van der Waals surface area contributed by atoms with E-state index in [4.69, 9.17) is 16.7 Å². The Bertz CT molecular complexity index is 689. The van der Waals surface area contributed by atoms with E-state index >= 15 is 0 Å². The monoisotopic (exact) mass is 332 g/mol. The molecule has 0 aliphatic carbocycles. The summed E-state index contributed by atoms with van der Waals surface area (Å²) in [4.78, 5) is 22.2. The molecule has 1 atom stereocenters. The normalized spacial score (nSPS) is 19.1. The Balaban J connectivity index is 2.25. The number of carbonyl (C=O) groups excluding carboxylic acids is 1. The van der Waals surface area contributed by atoms with Gasteiger partial charge in [-0.25, -0.2) is 13.2 Å². The summed E-state index contributed by atoms with van der Waals surface area (Å²) in [5, 5.41) is 11.2. The summed E-state index contributed by atoms with van der Waals surface area (Å²) in [6.07, 6.45) is 1.09. The highest BCUT2D eigenvalue weighted by atomic mass is 35.5. The van der Waals surface area contributed by atoms with Gasteiger partial charge in [-0.3, -0.25) is 4.79 Å². The quantitative estimate of drug-likeness (QED) is 0.747. The number of benzene rings is 1. The average Bonchev–Trinajstić information content (AvgIpc) is 2.40. The largest absolute Gasteiger partial charge is 0.478 e. The van der Waals surface area contributed by atoms with Crippen molar-refractivity contribution in [1.82, 2.24) is 10.0 Å². The fourth-order valence-electron chi connectivity index (χ4n) is 1.98. The average molecular weight is 333 g/mol. The number of rotatable bonds is 4. The van der Waals surface area contributed by atoms with E-state index in [9.17, 15) is 18.0 Å². The maximum atomic E-state index is 12.2. The van der Waals surface area contributed by atoms with Gasteiger partial charge >= 0.3 is 5.97 Å². The van der Waals surface area contributed by atoms with Crippen molar-refractivity contribution in [2.45, 2.75) is 23.8 Å². The summed E-state index contributed by atoms with van der Waals surface area (Å²) in [5.74, 6) is -1.62. The molecule has 9 heteroatoms. The van der Waals surface area contributed by atoms with Crippen LogP contribution in [0.1, 0.15) is 23.2 Å². The van der Waals surface area contributed by atoms with Gasteiger partial charge in [0.05, 0.1) is 15.5 Å². The summed E-state index contributed by atoms with van der Waals surface area (Å²) in [5.41, 5.74) is -0.189. The lowest BCUT2D eigenvalue weighted by atomic mass is 10.1. The number of sulfonamides is 1. The van der Waals surface area contributed by atoms with E-state index in [2.05, 4.69) is 10.0 Å². The topological polar surface area (TPSA) is 113 Å². The van der Waals surface area contributed by atoms with Gasteiger partial charge in [-0.05, 0) is 31.0 Å². The number of halogens is 1. The van der Waals surface area contributed by atoms with Gasteiger partial charge in [-0.1, -0.05) is 11.6 Å². The van der Waals surface area contributed by atoms with Gasteiger partial charge < -0.3 is 10.4 Å². The number of hydrogen-bond donors (Lipinski definition) is 3. The fraction of sp³-hybridized carbons (Fsp3) is 0.333. The second-order valence-electron chi connectivity index (χ2n) is 4.55. The number of carboxylic acid groups (broad SMARTS) is 1. The van der Waals surface area contributed by atoms with Gasteiger partial charge in [-0.15, -0.1) is 0 Å². The van der Waals surface area contributed by atoms with Crippen LogP contribution in [0.4, 0.5) is 0 Å². The molecule has 3 N–H and O–H groups in total. The summed E-state index contributed by atoms with van der Waals surface area (Å²) < 4.78 is 26.7. The second-order valence-corrected chi connectivity index (χ2v) is 6.68. The van der Waals surface area contributed by atoms with Crippen molar-refractivity contribution < 1.29 is 23.1 Å². The van der Waals surface area contributed by atoms with E-state index in [-0.39, 0.29) is 21.4 Å². The van der Waals surface area contributed by atoms with Gasteiger partial charge in [0, 0.05) is 6.54 Å². The van der Waals surface area contributed by atoms with Crippen molar-refractivity contribution >= 4 is 33.5 Å². The maximum Gasteiger partial charge on any atom is 0.337 e. The highest BCUT2D eigenvalue weighted by Crippen LogP contribution is 2.21. The molecule has 1 heterocycles. The highest BCUT2D eigenvalue weighted by molar-refractivity contribution is 7.89. The van der Waals surface area contributed by atoms with Crippen LogP contribution >= 0.6 is 11.6 Å². The van der Waals surface area contributed by atoms with E-state index < -0.39 is 22.0 Å². The Morgan fingerprint density at radius 1 is 1.43 bits per heavy atom. The third kappa shape index (κ3) is 3.52. The van der Waals surface area contributed by atoms with E-state index in [1.807, 2.05) is 0 Å². The van der Waals surface area contributed by atoms with Gasteiger partial charge in [0.2, 0.25) is 15.9 Å². The molecule has 1 unspecified atom stereocenters. The minimum absolute atomic E-state index is 0.182. The lowest BCUT2D eigenvalue weighted by Crippen LogP contribution is -2.50. The van der Waals surface area contributed by atoms with Crippen LogP contribution in [0.25, 0.3) is 0 Å². The van der Waals surface area contributed by atoms with Gasteiger partial charge in [0.15, 0.2) is 0 Å². The molecule has 1 aromatic carbocycles. The summed E-state index contributed by atoms with van der Waals surface area (Å²) in [6, 6.07) is 2.47. The molecule has 114 valence electrons. The molecule has 1 amide bonds. The number of amides is 1. The minimum atomic E-state index is -3.95. The molecule has 1 aromatic rings. The molecule has 2 rings (SSSR count). The zero-order valence-electron chi connectivity index (χ0n) is 10.8. The lowest BCUT2D eigenvalue weighted by Gasteiger charge is -2.22. The van der Waals surface area contributed by atoms with Crippen molar-refractivity contribution in [2.24, 2.45) is 0 Å². The first-order valence-corrected chi connectivity index (χ1v) is 8.00. The fourth-order valence-corrected chi connectivity index (χ4v) is 3.56. The van der Waals surface area contributed by atoms with Crippen LogP contribution in [0.15, 0.2) is 23.1 Å². The highest BCUT2D eigenvalue weighted by Gasteiger charge is 2.28. The molecule has 0 bridgehead atoms. The molecular formula is C12H13ClN2O5S. The smallest absolute Gasteiger partial charge is 0.337 e. The third-order valence-electron chi connectivity index (χ3n) is 3.06. The SMILES string of the molecule is O=C(O)c1ccc(S(=O)(=O)NC2CCCNC2=O)cc1Cl. The standard InChI is InChI=1S/C12H13ClN2O5S/c13-9-6-7(3-4-8(9)12(17)18)21(19,20)15-10-2-1-5-14-11(10)16/h3-4,6,10,15H,1-2,5H2,(H,14,16)(H,17,18). The van der Waals surface area contributed by atoms with Crippen molar-refractivity contribution in [2.75, 3.05) is 6.54 Å². The van der Waals surface area contributed by atoms with Crippen molar-refractivity contribution in [3.8, 4) is 0 Å². The van der Waals surface area contributed by atoms with Crippen LogP contribution in [-0.4, -0.2) is 38.0 Å². The maximum absolute atomic E-state index is 12.2. The Labute approximate surface area is 126 Å². The zero-order chi connectivity index (χ0) is 15.6. The van der Waals surface area contributed by atoms with Crippen LogP contribution in [-0.2, 0) is 14.8 Å². The summed E-state index contributed by atoms with van der Waals surface area (Å²) in [6.45, 7) is 0.524. The van der Waals surface area contributed by atoms with Crippen LogP contribution in [0.5, 0.6) is 0 Å². The van der Waals surface area contributed by atoms with E-state index in [0.29, 0.717) is 19.4 Å². The van der Waals surface area contributed by atoms with Crippen LogP contribution < -0.4 is 10.0 Å². The molecule has 1 saturated heterocycles. The van der Waals surface area contributed by atoms with Crippen molar-refractivity contribution in [3.05, 3.63) is 28.8 Å². The molecule has 1 aliphatic rings. The number of carbonyl (C=O) groups is 2. The summed E-state index contributed by atoms with van der Waals surface area (Å²) in [7, 11) is -3.95. The van der Waals surface area contributed by atoms with Crippen LogP contribution in [0, 0.1) is 0 Å². The van der Waals surface area contributed by atoms with E-state index in [0.717, 1.165) is 18.2 Å². The molecular weight excluding hydrogens is 320 g/mol. The second kappa shape index (κ2) is 6.00. The number of nitrogens with one attached hydrogen (secondary N) is 2. The predicted octanol–water partition coefficient (Wildman–Crippen LogP) is 0.595. The first kappa shape index (κ1) is 15.7. The Morgan fingerprint density at radius 3 is 2.71 bits per heavy atom. The Morgan fingerprint density at radius 2 is 2.14 bits per heavy atom. The molecule has 0 radical (unpaired) electrons. The van der Waals surface area contributed by atoms with Crippen LogP contribution in [0.2, 0.25) is 5.02 Å². The van der Waals surface area contributed by atoms with Gasteiger partial charge in [0.25, 0.3) is 0 Å². The first-order chi connectivity index (χ1) is 9.81. The molecule has 7 nitrogen and oxygen atoms in total. The number of aromatic carboxylic acids is 1. The first-order valence-electron chi connectivity index (χ1n) is 6.14. The molecule has 0 spiro atoms. The number of hydrogen-bond acceptors (Lipinski definition) is 4. The van der Waals surface area contributed by atoms with Crippen LogP contribution in [0.3, 0.4) is 0 Å². The molecule has 21 heavy (non-hydrogen) atoms. The Kier molecular flexibility index (Phi) is 4.50. The van der Waals surface area contributed by atoms with Crippen molar-refractivity contribution in [3.63, 3.8) is 0 Å². The van der Waals surface area contributed by atoms with Crippen molar-refractivity contribution in [1.29, 1.82) is 0 Å². The molecule has 0 saturated carbocycles. The molecule has 0 aromatic heterocycles. The Hall–Kier alpha value is -1.64. The zero-order valence-corrected chi connectivity index (χ0v) is 12.4. The number of piperidine rings is 1. The van der Waals surface area contributed by atoms with E-state index in [1.54, 1.807) is 0 Å². The third-order valence-corrected chi connectivity index (χ3v) is 4.85. The number of carboxylic acids is 1. The lowest BCUT2D eigenvalue weighted by molar-refractivity contribution is -0.124. The van der Waals surface area contributed by atoms with Gasteiger partial charge in [0.1, 0.15) is 6.04 Å². The summed E-state index contributed by atoms with van der Waals surface area (Å²) >= 11 is 5.75. The minimum Gasteiger partial charge on any atom is -0.478 e. The molecule has 1 aliphatic heterocycles. The van der Waals surface area contributed by atoms with E-state index in [1.165, 1.54) is 0 Å². The predicted molar refractivity (Wildman–Crippen MR) is 74.8 cm³/mol. The van der Waals surface area contributed by atoms with Gasteiger partial charge in [-0.2, -0.15) is 4.72 Å². The molecule has 1 fully saturated rings.